The van der Waals surface area contributed by atoms with Gasteiger partial charge in [0.1, 0.15) is 12.1 Å². The molecule has 12 heteroatoms. The molecule has 3 saturated heterocycles. The van der Waals surface area contributed by atoms with Crippen LogP contribution in [0.4, 0.5) is 0 Å². The lowest BCUT2D eigenvalue weighted by Gasteiger charge is -2.37. The van der Waals surface area contributed by atoms with Crippen molar-refractivity contribution in [3.63, 3.8) is 0 Å². The van der Waals surface area contributed by atoms with Crippen molar-refractivity contribution >= 4 is 29.1 Å². The Labute approximate surface area is 270 Å². The first-order valence-corrected chi connectivity index (χ1v) is 16.9. The standard InChI is InChI=1S/C33H48N6O5S/c1-20(22-6-8-23(9-7-22)29-21(2)35-19-45-29)36-31(42)27-14-24(40)17-39(27)32(43)30(33(3,4)5)37-28(41)18-38-12-10-25(11-13-38)44-26-15-34-16-26/h6-9,19-20,24-27,30,34,40H,10-18H2,1-5H3,(H,36,42)(H,37,41)/t20-,24+,27-,30+/m0/s1. The molecule has 1 aromatic heterocycles. The smallest absolute Gasteiger partial charge is 0.246 e. The average molecular weight is 641 g/mol. The highest BCUT2D eigenvalue weighted by atomic mass is 32.1. The first-order valence-electron chi connectivity index (χ1n) is 16.1. The van der Waals surface area contributed by atoms with E-state index >= 15 is 0 Å². The second-order valence-corrected chi connectivity index (χ2v) is 14.6. The van der Waals surface area contributed by atoms with Crippen LogP contribution in [0.3, 0.4) is 0 Å². The van der Waals surface area contributed by atoms with Crippen molar-refractivity contribution < 1.29 is 24.2 Å². The highest BCUT2D eigenvalue weighted by Gasteiger charge is 2.45. The van der Waals surface area contributed by atoms with Gasteiger partial charge in [-0.3, -0.25) is 19.3 Å². The van der Waals surface area contributed by atoms with Gasteiger partial charge in [0.25, 0.3) is 0 Å². The maximum atomic E-state index is 14.0. The minimum Gasteiger partial charge on any atom is -0.391 e. The topological polar surface area (TPSA) is 136 Å². The Bertz CT molecular complexity index is 1330. The number of thiazole rings is 1. The molecule has 4 atom stereocenters. The number of hydrogen-bond donors (Lipinski definition) is 4. The number of likely N-dealkylation sites (tertiary alicyclic amines) is 2. The minimum absolute atomic E-state index is 0.0423. The lowest BCUT2D eigenvalue weighted by Crippen LogP contribution is -2.59. The Morgan fingerprint density at radius 2 is 1.80 bits per heavy atom. The van der Waals surface area contributed by atoms with Crippen LogP contribution < -0.4 is 16.0 Å². The fourth-order valence-corrected chi connectivity index (χ4v) is 7.07. The molecule has 45 heavy (non-hydrogen) atoms. The van der Waals surface area contributed by atoms with Crippen LogP contribution in [0.2, 0.25) is 0 Å². The first kappa shape index (κ1) is 33.5. The van der Waals surface area contributed by atoms with Crippen LogP contribution in [0.15, 0.2) is 29.8 Å². The van der Waals surface area contributed by atoms with Gasteiger partial charge in [0.15, 0.2) is 0 Å². The summed E-state index contributed by atoms with van der Waals surface area (Å²) in [7, 11) is 0. The number of rotatable bonds is 10. The number of benzene rings is 1. The zero-order chi connectivity index (χ0) is 32.3. The molecule has 3 amide bonds. The van der Waals surface area contributed by atoms with Crippen LogP contribution in [0.5, 0.6) is 0 Å². The number of aromatic nitrogens is 1. The summed E-state index contributed by atoms with van der Waals surface area (Å²) >= 11 is 1.59. The molecule has 3 fully saturated rings. The Hall–Kier alpha value is -2.90. The number of β-amino-alcohol motifs (C(OH)–C–C–N with tert-alkyl or cyclic N) is 1. The lowest BCUT2D eigenvalue weighted by atomic mass is 9.85. The summed E-state index contributed by atoms with van der Waals surface area (Å²) < 4.78 is 6.09. The Morgan fingerprint density at radius 1 is 1.11 bits per heavy atom. The number of carbonyl (C=O) groups excluding carboxylic acids is 3. The molecule has 5 rings (SSSR count). The number of aryl methyl sites for hydroxylation is 1. The molecule has 4 N–H and O–H groups in total. The molecule has 0 saturated carbocycles. The Kier molecular flexibility index (Phi) is 10.6. The fourth-order valence-electron chi connectivity index (χ4n) is 6.26. The number of aliphatic hydroxyl groups excluding tert-OH is 1. The maximum absolute atomic E-state index is 14.0. The van der Waals surface area contributed by atoms with Gasteiger partial charge in [0.2, 0.25) is 17.7 Å². The molecule has 2 aromatic rings. The van der Waals surface area contributed by atoms with Gasteiger partial charge < -0.3 is 30.7 Å². The zero-order valence-electron chi connectivity index (χ0n) is 27.0. The van der Waals surface area contributed by atoms with Crippen LogP contribution in [0, 0.1) is 12.3 Å². The number of ether oxygens (including phenoxy) is 1. The highest BCUT2D eigenvalue weighted by Crippen LogP contribution is 2.29. The van der Waals surface area contributed by atoms with Crippen molar-refractivity contribution in [1.29, 1.82) is 0 Å². The van der Waals surface area contributed by atoms with Gasteiger partial charge in [-0.25, -0.2) is 4.98 Å². The molecule has 0 bridgehead atoms. The van der Waals surface area contributed by atoms with E-state index in [-0.39, 0.29) is 49.4 Å². The van der Waals surface area contributed by atoms with Crippen molar-refractivity contribution in [3.05, 3.63) is 41.0 Å². The van der Waals surface area contributed by atoms with E-state index in [0.717, 1.165) is 60.7 Å². The third-order valence-electron chi connectivity index (χ3n) is 9.09. The van der Waals surface area contributed by atoms with Crippen molar-refractivity contribution in [2.24, 2.45) is 5.41 Å². The van der Waals surface area contributed by atoms with Crippen LogP contribution >= 0.6 is 11.3 Å². The molecule has 0 radical (unpaired) electrons. The van der Waals surface area contributed by atoms with Crippen molar-refractivity contribution in [2.75, 3.05) is 39.3 Å². The van der Waals surface area contributed by atoms with Crippen LogP contribution in [-0.4, -0.2) is 107 Å². The number of nitrogens with zero attached hydrogens (tertiary/aromatic N) is 3. The average Bonchev–Trinajstić information content (AvgIpc) is 3.59. The van der Waals surface area contributed by atoms with E-state index in [1.807, 2.05) is 64.4 Å². The van der Waals surface area contributed by atoms with E-state index in [1.54, 1.807) is 11.3 Å². The van der Waals surface area contributed by atoms with E-state index < -0.39 is 23.6 Å². The number of aliphatic hydroxyl groups is 1. The summed E-state index contributed by atoms with van der Waals surface area (Å²) in [5.41, 5.74) is 4.21. The Morgan fingerprint density at radius 3 is 2.38 bits per heavy atom. The first-order chi connectivity index (χ1) is 21.4. The normalized spacial score (nSPS) is 22.9. The lowest BCUT2D eigenvalue weighted by molar-refractivity contribution is -0.144. The SMILES string of the molecule is Cc1ncsc1-c1ccc([C@H](C)NC(=O)[C@@H]2C[C@@H](O)CN2C(=O)[C@@H](NC(=O)CN2CCC(OC3CNC3)CC2)C(C)(C)C)cc1. The van der Waals surface area contributed by atoms with E-state index in [9.17, 15) is 19.5 Å². The number of carbonyl (C=O) groups is 3. The van der Waals surface area contributed by atoms with Crippen molar-refractivity contribution in [3.8, 4) is 10.4 Å². The predicted molar refractivity (Wildman–Crippen MR) is 174 cm³/mol. The summed E-state index contributed by atoms with van der Waals surface area (Å²) in [5, 5.41) is 19.8. The van der Waals surface area contributed by atoms with E-state index in [2.05, 4.69) is 25.8 Å². The molecule has 0 spiro atoms. The second kappa shape index (κ2) is 14.3. The summed E-state index contributed by atoms with van der Waals surface area (Å²) in [4.78, 5) is 49.7. The van der Waals surface area contributed by atoms with Gasteiger partial charge in [-0.05, 0) is 43.2 Å². The van der Waals surface area contributed by atoms with E-state index in [4.69, 9.17) is 4.74 Å². The van der Waals surface area contributed by atoms with Gasteiger partial charge in [-0.2, -0.15) is 0 Å². The fraction of sp³-hybridized carbons (Fsp3) is 0.636. The van der Waals surface area contributed by atoms with Gasteiger partial charge in [-0.15, -0.1) is 11.3 Å². The summed E-state index contributed by atoms with van der Waals surface area (Å²) in [5.74, 6) is -0.903. The molecule has 246 valence electrons. The summed E-state index contributed by atoms with van der Waals surface area (Å²) in [6.45, 7) is 13.2. The van der Waals surface area contributed by atoms with Crippen molar-refractivity contribution in [2.45, 2.75) is 90.3 Å². The molecule has 4 heterocycles. The highest BCUT2D eigenvalue weighted by molar-refractivity contribution is 7.13. The molecule has 0 aliphatic carbocycles. The minimum atomic E-state index is -0.849. The number of piperidine rings is 1. The predicted octanol–water partition coefficient (Wildman–Crippen LogP) is 2.24. The van der Waals surface area contributed by atoms with Crippen molar-refractivity contribution in [1.82, 2.24) is 30.7 Å². The van der Waals surface area contributed by atoms with Gasteiger partial charge in [0.05, 0.1) is 47.0 Å². The molecule has 1 aromatic carbocycles. The van der Waals surface area contributed by atoms with Gasteiger partial charge in [-0.1, -0.05) is 45.0 Å². The molecule has 3 aliphatic rings. The van der Waals surface area contributed by atoms with Crippen LogP contribution in [0.1, 0.15) is 64.3 Å². The third kappa shape index (κ3) is 8.28. The molecule has 11 nitrogen and oxygen atoms in total. The molecular formula is C33H48N6O5S. The van der Waals surface area contributed by atoms with Gasteiger partial charge in [0, 0.05) is 39.1 Å². The van der Waals surface area contributed by atoms with E-state index in [0.29, 0.717) is 6.10 Å². The number of nitrogens with one attached hydrogen (secondary N) is 3. The monoisotopic (exact) mass is 640 g/mol. The zero-order valence-corrected chi connectivity index (χ0v) is 27.9. The summed E-state index contributed by atoms with van der Waals surface area (Å²) in [6, 6.07) is 6.03. The van der Waals surface area contributed by atoms with Crippen LogP contribution in [0.25, 0.3) is 10.4 Å². The molecule has 3 aliphatic heterocycles. The maximum Gasteiger partial charge on any atom is 0.246 e. The van der Waals surface area contributed by atoms with Crippen LogP contribution in [-0.2, 0) is 19.1 Å². The largest absolute Gasteiger partial charge is 0.391 e. The third-order valence-corrected chi connectivity index (χ3v) is 10.1. The second-order valence-electron chi connectivity index (χ2n) is 13.8. The Balaban J connectivity index is 1.18. The quantitative estimate of drug-likeness (QED) is 0.311. The number of amides is 3. The summed E-state index contributed by atoms with van der Waals surface area (Å²) in [6.07, 6.45) is 1.60. The molecule has 0 unspecified atom stereocenters. The molecular weight excluding hydrogens is 592 g/mol. The van der Waals surface area contributed by atoms with E-state index in [1.165, 1.54) is 4.90 Å². The number of hydrogen-bond acceptors (Lipinski definition) is 9. The van der Waals surface area contributed by atoms with Gasteiger partial charge >= 0.3 is 0 Å².